The van der Waals surface area contributed by atoms with Crippen molar-refractivity contribution in [3.63, 3.8) is 0 Å². The summed E-state index contributed by atoms with van der Waals surface area (Å²) in [6, 6.07) is 5.41. The number of anilines is 4. The first-order valence-corrected chi connectivity index (χ1v) is 9.30. The number of amides is 2. The highest BCUT2D eigenvalue weighted by Crippen LogP contribution is 2.36. The van der Waals surface area contributed by atoms with Gasteiger partial charge in [-0.15, -0.1) is 0 Å². The lowest BCUT2D eigenvalue weighted by atomic mass is 9.92. The normalized spacial score (nSPS) is 19.0. The van der Waals surface area contributed by atoms with E-state index in [1.807, 2.05) is 4.90 Å². The highest BCUT2D eigenvalue weighted by Gasteiger charge is 2.35. The van der Waals surface area contributed by atoms with Crippen LogP contribution in [0, 0.1) is 5.82 Å². The molecular formula is C19H21FN6O2. The molecule has 0 bridgehead atoms. The van der Waals surface area contributed by atoms with E-state index in [0.29, 0.717) is 17.2 Å². The van der Waals surface area contributed by atoms with Gasteiger partial charge in [0.05, 0.1) is 11.5 Å². The SMILES string of the molecule is Nc1nc(N2CCCCC2)nc2c1[C@@H](C(=O)Nc1ccc(F)cc1)CC(=O)N2. The number of piperidine rings is 1. The second-order valence-corrected chi connectivity index (χ2v) is 7.02. The van der Waals surface area contributed by atoms with E-state index in [9.17, 15) is 14.0 Å². The number of nitrogen functional groups attached to an aromatic ring is 1. The average Bonchev–Trinajstić information content (AvgIpc) is 2.69. The van der Waals surface area contributed by atoms with Gasteiger partial charge in [0.1, 0.15) is 17.5 Å². The monoisotopic (exact) mass is 384 g/mol. The van der Waals surface area contributed by atoms with Gasteiger partial charge in [-0.2, -0.15) is 9.97 Å². The number of hydrogen-bond donors (Lipinski definition) is 3. The zero-order chi connectivity index (χ0) is 19.7. The van der Waals surface area contributed by atoms with Gasteiger partial charge < -0.3 is 21.3 Å². The summed E-state index contributed by atoms with van der Waals surface area (Å²) in [5.41, 5.74) is 7.03. The number of nitrogens with two attached hydrogens (primary N) is 1. The van der Waals surface area contributed by atoms with Crippen LogP contribution < -0.4 is 21.3 Å². The number of hydrogen-bond acceptors (Lipinski definition) is 6. The van der Waals surface area contributed by atoms with Crippen molar-refractivity contribution in [1.29, 1.82) is 0 Å². The van der Waals surface area contributed by atoms with E-state index >= 15 is 0 Å². The maximum absolute atomic E-state index is 13.1. The van der Waals surface area contributed by atoms with Crippen LogP contribution >= 0.6 is 0 Å². The molecule has 0 aliphatic carbocycles. The molecule has 1 saturated heterocycles. The van der Waals surface area contributed by atoms with Gasteiger partial charge in [0.15, 0.2) is 0 Å². The molecule has 3 heterocycles. The molecule has 1 atom stereocenters. The quantitative estimate of drug-likeness (QED) is 0.748. The molecule has 1 aromatic carbocycles. The lowest BCUT2D eigenvalue weighted by molar-refractivity contribution is -0.123. The highest BCUT2D eigenvalue weighted by molar-refractivity contribution is 6.05. The zero-order valence-electron chi connectivity index (χ0n) is 15.2. The Bertz CT molecular complexity index is 911. The Kier molecular flexibility index (Phi) is 4.81. The van der Waals surface area contributed by atoms with E-state index in [2.05, 4.69) is 20.6 Å². The molecule has 146 valence electrons. The third-order valence-corrected chi connectivity index (χ3v) is 5.03. The fourth-order valence-corrected chi connectivity index (χ4v) is 3.61. The van der Waals surface area contributed by atoms with Crippen LogP contribution in [0.3, 0.4) is 0 Å². The molecule has 1 aromatic heterocycles. The number of halogens is 1. The summed E-state index contributed by atoms with van der Waals surface area (Å²) in [6.45, 7) is 1.67. The Hall–Kier alpha value is -3.23. The molecule has 0 spiro atoms. The maximum atomic E-state index is 13.1. The second-order valence-electron chi connectivity index (χ2n) is 7.02. The number of nitrogens with zero attached hydrogens (tertiary/aromatic N) is 3. The van der Waals surface area contributed by atoms with Crippen LogP contribution in [0.25, 0.3) is 0 Å². The van der Waals surface area contributed by atoms with Gasteiger partial charge in [0.2, 0.25) is 17.8 Å². The van der Waals surface area contributed by atoms with Crippen molar-refractivity contribution in [2.75, 3.05) is 34.4 Å². The molecule has 0 saturated carbocycles. The number of carbonyl (C=O) groups is 2. The Morgan fingerprint density at radius 1 is 1.18 bits per heavy atom. The molecule has 8 nitrogen and oxygen atoms in total. The molecule has 2 aliphatic heterocycles. The van der Waals surface area contributed by atoms with Crippen LogP contribution in [-0.2, 0) is 9.59 Å². The summed E-state index contributed by atoms with van der Waals surface area (Å²) in [5, 5.41) is 5.41. The minimum Gasteiger partial charge on any atom is -0.383 e. The summed E-state index contributed by atoms with van der Waals surface area (Å²) in [7, 11) is 0. The van der Waals surface area contributed by atoms with Gasteiger partial charge in [-0.05, 0) is 43.5 Å². The van der Waals surface area contributed by atoms with Gasteiger partial charge in [-0.1, -0.05) is 0 Å². The third-order valence-electron chi connectivity index (χ3n) is 5.03. The van der Waals surface area contributed by atoms with Gasteiger partial charge in [-0.3, -0.25) is 9.59 Å². The van der Waals surface area contributed by atoms with Crippen LogP contribution in [0.5, 0.6) is 0 Å². The summed E-state index contributed by atoms with van der Waals surface area (Å²) in [4.78, 5) is 35.9. The topological polar surface area (TPSA) is 113 Å². The van der Waals surface area contributed by atoms with Gasteiger partial charge in [-0.25, -0.2) is 4.39 Å². The fourth-order valence-electron chi connectivity index (χ4n) is 3.61. The molecule has 4 N–H and O–H groups in total. The van der Waals surface area contributed by atoms with E-state index in [-0.39, 0.29) is 24.0 Å². The van der Waals surface area contributed by atoms with Crippen LogP contribution in [-0.4, -0.2) is 34.9 Å². The Labute approximate surface area is 161 Å². The minimum absolute atomic E-state index is 0.0589. The number of fused-ring (bicyclic) bond motifs is 1. The molecule has 0 radical (unpaired) electrons. The largest absolute Gasteiger partial charge is 0.383 e. The summed E-state index contributed by atoms with van der Waals surface area (Å²) < 4.78 is 13.1. The Balaban J connectivity index is 1.63. The van der Waals surface area contributed by atoms with Crippen molar-refractivity contribution in [2.24, 2.45) is 0 Å². The first-order chi connectivity index (χ1) is 13.5. The standard InChI is InChI=1S/C19H21FN6O2/c20-11-4-6-12(7-5-11)22-18(28)13-10-14(27)23-17-15(13)16(21)24-19(25-17)26-8-2-1-3-9-26/h4-7,13H,1-3,8-10H2,(H,22,28)(H3,21,23,24,25,27)/t13-/m0/s1. The maximum Gasteiger partial charge on any atom is 0.232 e. The predicted octanol–water partition coefficient (Wildman–Crippen LogP) is 2.25. The molecule has 2 amide bonds. The number of carbonyl (C=O) groups excluding carboxylic acids is 2. The molecule has 1 fully saturated rings. The van der Waals surface area contributed by atoms with Crippen molar-refractivity contribution in [2.45, 2.75) is 31.6 Å². The lowest BCUT2D eigenvalue weighted by Gasteiger charge is -2.30. The minimum atomic E-state index is -0.816. The summed E-state index contributed by atoms with van der Waals surface area (Å²) in [6.07, 6.45) is 3.21. The first-order valence-electron chi connectivity index (χ1n) is 9.30. The van der Waals surface area contributed by atoms with E-state index in [0.717, 1.165) is 25.9 Å². The van der Waals surface area contributed by atoms with Gasteiger partial charge in [0.25, 0.3) is 0 Å². The molecule has 0 unspecified atom stereocenters. The lowest BCUT2D eigenvalue weighted by Crippen LogP contribution is -2.35. The number of aromatic nitrogens is 2. The van der Waals surface area contributed by atoms with E-state index < -0.39 is 17.6 Å². The van der Waals surface area contributed by atoms with Gasteiger partial charge in [0, 0.05) is 25.2 Å². The van der Waals surface area contributed by atoms with Crippen molar-refractivity contribution >= 4 is 35.1 Å². The smallest absolute Gasteiger partial charge is 0.232 e. The number of benzene rings is 1. The predicted molar refractivity (Wildman–Crippen MR) is 104 cm³/mol. The molecule has 28 heavy (non-hydrogen) atoms. The van der Waals surface area contributed by atoms with Crippen molar-refractivity contribution in [3.05, 3.63) is 35.6 Å². The summed E-state index contributed by atoms with van der Waals surface area (Å²) >= 11 is 0. The number of rotatable bonds is 3. The number of nitrogens with one attached hydrogen (secondary N) is 2. The van der Waals surface area contributed by atoms with E-state index in [1.165, 1.54) is 30.7 Å². The highest BCUT2D eigenvalue weighted by atomic mass is 19.1. The summed E-state index contributed by atoms with van der Waals surface area (Å²) in [5.74, 6) is -1.00. The molecule has 2 aromatic rings. The van der Waals surface area contributed by atoms with Gasteiger partial charge >= 0.3 is 0 Å². The van der Waals surface area contributed by atoms with Crippen LogP contribution in [0.15, 0.2) is 24.3 Å². The average molecular weight is 384 g/mol. The van der Waals surface area contributed by atoms with Crippen molar-refractivity contribution in [3.8, 4) is 0 Å². The first kappa shape index (κ1) is 18.1. The Morgan fingerprint density at radius 3 is 2.61 bits per heavy atom. The van der Waals surface area contributed by atoms with E-state index in [4.69, 9.17) is 5.73 Å². The van der Waals surface area contributed by atoms with Crippen LogP contribution in [0.4, 0.5) is 27.7 Å². The van der Waals surface area contributed by atoms with Crippen LogP contribution in [0.2, 0.25) is 0 Å². The van der Waals surface area contributed by atoms with Crippen LogP contribution in [0.1, 0.15) is 37.2 Å². The third kappa shape index (κ3) is 3.60. The zero-order valence-corrected chi connectivity index (χ0v) is 15.2. The molecular weight excluding hydrogens is 363 g/mol. The molecule has 9 heteroatoms. The van der Waals surface area contributed by atoms with Crippen molar-refractivity contribution < 1.29 is 14.0 Å². The fraction of sp³-hybridized carbons (Fsp3) is 0.368. The molecule has 2 aliphatic rings. The van der Waals surface area contributed by atoms with E-state index in [1.54, 1.807) is 0 Å². The Morgan fingerprint density at radius 2 is 1.89 bits per heavy atom. The molecule has 4 rings (SSSR count). The van der Waals surface area contributed by atoms with Crippen molar-refractivity contribution in [1.82, 2.24) is 9.97 Å². The second kappa shape index (κ2) is 7.41.